The minimum absolute atomic E-state index is 0.128. The van der Waals surface area contributed by atoms with Crippen molar-refractivity contribution >= 4 is 11.6 Å². The van der Waals surface area contributed by atoms with E-state index in [-0.39, 0.29) is 35.4 Å². The zero-order valence-electron chi connectivity index (χ0n) is 15.2. The normalized spacial score (nSPS) is 28.6. The molecule has 2 heterocycles. The molecule has 0 radical (unpaired) electrons. The Labute approximate surface area is 149 Å². The Hall–Kier alpha value is -0.820. The van der Waals surface area contributed by atoms with Gasteiger partial charge in [0.25, 0.3) is 0 Å². The monoisotopic (exact) mass is 356 g/mol. The number of aliphatic hydroxyl groups excluding tert-OH is 2. The van der Waals surface area contributed by atoms with E-state index in [2.05, 4.69) is 0 Å². The summed E-state index contributed by atoms with van der Waals surface area (Å²) in [5, 5.41) is 20.1. The van der Waals surface area contributed by atoms with E-state index in [1.165, 1.54) is 0 Å². The molecule has 2 N–H and O–H groups in total. The van der Waals surface area contributed by atoms with Crippen LogP contribution in [-0.2, 0) is 19.1 Å². The maximum Gasteiger partial charge on any atom is 0.140 e. The predicted octanol–water partition coefficient (Wildman–Crippen LogP) is 1.51. The van der Waals surface area contributed by atoms with E-state index in [0.29, 0.717) is 65.0 Å². The molecule has 2 aliphatic heterocycles. The number of hydrogen-bond acceptors (Lipinski definition) is 6. The third kappa shape index (κ3) is 6.13. The summed E-state index contributed by atoms with van der Waals surface area (Å²) < 4.78 is 11.0. The fourth-order valence-electron chi connectivity index (χ4n) is 3.88. The maximum absolute atomic E-state index is 12.4. The highest BCUT2D eigenvalue weighted by atomic mass is 16.5. The van der Waals surface area contributed by atoms with Crippen molar-refractivity contribution in [3.8, 4) is 0 Å². The lowest BCUT2D eigenvalue weighted by atomic mass is 9.72. The van der Waals surface area contributed by atoms with Gasteiger partial charge in [-0.2, -0.15) is 0 Å². The molecule has 0 aliphatic carbocycles. The Kier molecular flexibility index (Phi) is 8.49. The van der Waals surface area contributed by atoms with Gasteiger partial charge in [-0.15, -0.1) is 0 Å². The lowest BCUT2D eigenvalue weighted by molar-refractivity contribution is -0.143. The lowest BCUT2D eigenvalue weighted by Crippen LogP contribution is -2.44. The number of Topliss-reactive ketones (excluding diaryl/α,β-unsaturated/α-hetero) is 2. The summed E-state index contributed by atoms with van der Waals surface area (Å²) in [7, 11) is 0. The third-order valence-corrected chi connectivity index (χ3v) is 5.53. The van der Waals surface area contributed by atoms with Crippen LogP contribution in [0.3, 0.4) is 0 Å². The molecular formula is C19H32O6. The van der Waals surface area contributed by atoms with Crippen LogP contribution in [-0.4, -0.2) is 60.4 Å². The Bertz CT molecular complexity index is 410. The first-order chi connectivity index (χ1) is 12.0. The second-order valence-corrected chi connectivity index (χ2v) is 7.34. The quantitative estimate of drug-likeness (QED) is 0.650. The molecular weight excluding hydrogens is 324 g/mol. The fourth-order valence-corrected chi connectivity index (χ4v) is 3.88. The van der Waals surface area contributed by atoms with Crippen LogP contribution in [0.5, 0.6) is 0 Å². The standard InChI is InChI=1S/C19H32O6/c1-2-13(20)4-3-5-14(21)10-15(16-11-24-8-6-18(16)22)17-12-25-9-7-19(17)23/h13-17,20-21H,2-12H2,1H3. The molecule has 4 unspecified atom stereocenters. The highest BCUT2D eigenvalue weighted by Gasteiger charge is 2.41. The number of carbonyl (C=O) groups is 2. The SMILES string of the molecule is CCC(O)CCCC(O)CC(C1COCCC1=O)C1COCCC1=O. The molecule has 2 fully saturated rings. The fraction of sp³-hybridized carbons (Fsp3) is 0.895. The largest absolute Gasteiger partial charge is 0.393 e. The van der Waals surface area contributed by atoms with Gasteiger partial charge in [-0.3, -0.25) is 9.59 Å². The molecule has 0 saturated carbocycles. The zero-order valence-corrected chi connectivity index (χ0v) is 15.2. The van der Waals surface area contributed by atoms with Crippen molar-refractivity contribution in [3.63, 3.8) is 0 Å². The van der Waals surface area contributed by atoms with Crippen LogP contribution in [0, 0.1) is 17.8 Å². The van der Waals surface area contributed by atoms with E-state index in [0.717, 1.165) is 6.42 Å². The molecule has 2 saturated heterocycles. The zero-order chi connectivity index (χ0) is 18.2. The van der Waals surface area contributed by atoms with Gasteiger partial charge in [0, 0.05) is 24.7 Å². The van der Waals surface area contributed by atoms with Crippen molar-refractivity contribution in [2.75, 3.05) is 26.4 Å². The van der Waals surface area contributed by atoms with Gasteiger partial charge >= 0.3 is 0 Å². The number of aliphatic hydroxyl groups is 2. The Morgan fingerprint density at radius 3 is 1.96 bits per heavy atom. The van der Waals surface area contributed by atoms with Crippen LogP contribution >= 0.6 is 0 Å². The molecule has 0 bridgehead atoms. The molecule has 25 heavy (non-hydrogen) atoms. The molecule has 6 heteroatoms. The highest BCUT2D eigenvalue weighted by Crippen LogP contribution is 2.34. The van der Waals surface area contributed by atoms with Gasteiger partial charge < -0.3 is 19.7 Å². The summed E-state index contributed by atoms with van der Waals surface area (Å²) in [5.74, 6) is -0.640. The Morgan fingerprint density at radius 2 is 1.48 bits per heavy atom. The van der Waals surface area contributed by atoms with Crippen molar-refractivity contribution in [1.29, 1.82) is 0 Å². The summed E-state index contributed by atoms with van der Waals surface area (Å²) in [6.07, 6.45) is 2.91. The van der Waals surface area contributed by atoms with Gasteiger partial charge in [0.05, 0.1) is 38.6 Å². The average molecular weight is 356 g/mol. The Balaban J connectivity index is 1.98. The molecule has 0 aromatic heterocycles. The third-order valence-electron chi connectivity index (χ3n) is 5.53. The van der Waals surface area contributed by atoms with Gasteiger partial charge in [0.15, 0.2) is 0 Å². The smallest absolute Gasteiger partial charge is 0.140 e. The number of ether oxygens (including phenoxy) is 2. The summed E-state index contributed by atoms with van der Waals surface area (Å²) in [5.41, 5.74) is 0. The summed E-state index contributed by atoms with van der Waals surface area (Å²) in [6.45, 7) is 3.47. The highest BCUT2D eigenvalue weighted by molar-refractivity contribution is 5.85. The van der Waals surface area contributed by atoms with Crippen LogP contribution in [0.1, 0.15) is 51.9 Å². The average Bonchev–Trinajstić information content (AvgIpc) is 2.61. The maximum atomic E-state index is 12.4. The number of ketones is 2. The summed E-state index contributed by atoms with van der Waals surface area (Å²) in [4.78, 5) is 24.7. The van der Waals surface area contributed by atoms with Gasteiger partial charge in [0.1, 0.15) is 11.6 Å². The number of hydrogen-bond donors (Lipinski definition) is 2. The van der Waals surface area contributed by atoms with E-state index in [1.807, 2.05) is 6.92 Å². The minimum atomic E-state index is -0.585. The molecule has 0 aromatic carbocycles. The van der Waals surface area contributed by atoms with Crippen molar-refractivity contribution in [2.45, 2.75) is 64.1 Å². The number of rotatable bonds is 9. The second-order valence-electron chi connectivity index (χ2n) is 7.34. The first-order valence-corrected chi connectivity index (χ1v) is 9.60. The minimum Gasteiger partial charge on any atom is -0.393 e. The van der Waals surface area contributed by atoms with Crippen LogP contribution in [0.15, 0.2) is 0 Å². The lowest BCUT2D eigenvalue weighted by Gasteiger charge is -2.36. The molecule has 2 rings (SSSR count). The predicted molar refractivity (Wildman–Crippen MR) is 92.1 cm³/mol. The Morgan fingerprint density at radius 1 is 0.960 bits per heavy atom. The van der Waals surface area contributed by atoms with Gasteiger partial charge in [0.2, 0.25) is 0 Å². The van der Waals surface area contributed by atoms with Crippen molar-refractivity contribution in [3.05, 3.63) is 0 Å². The first kappa shape index (κ1) is 20.5. The van der Waals surface area contributed by atoms with Crippen LogP contribution in [0.25, 0.3) is 0 Å². The van der Waals surface area contributed by atoms with Crippen LogP contribution < -0.4 is 0 Å². The van der Waals surface area contributed by atoms with Crippen molar-refractivity contribution < 1.29 is 29.3 Å². The summed E-state index contributed by atoms with van der Waals surface area (Å²) >= 11 is 0. The number of carbonyl (C=O) groups excluding carboxylic acids is 2. The van der Waals surface area contributed by atoms with Crippen molar-refractivity contribution in [1.82, 2.24) is 0 Å². The molecule has 0 spiro atoms. The van der Waals surface area contributed by atoms with E-state index >= 15 is 0 Å². The van der Waals surface area contributed by atoms with Gasteiger partial charge in [-0.1, -0.05) is 6.92 Å². The van der Waals surface area contributed by atoms with E-state index < -0.39 is 6.10 Å². The van der Waals surface area contributed by atoms with E-state index in [4.69, 9.17) is 9.47 Å². The molecule has 0 amide bonds. The van der Waals surface area contributed by atoms with Crippen LogP contribution in [0.4, 0.5) is 0 Å². The van der Waals surface area contributed by atoms with Crippen LogP contribution in [0.2, 0.25) is 0 Å². The molecule has 0 aromatic rings. The van der Waals surface area contributed by atoms with Gasteiger partial charge in [-0.25, -0.2) is 0 Å². The van der Waals surface area contributed by atoms with E-state index in [1.54, 1.807) is 0 Å². The van der Waals surface area contributed by atoms with Crippen molar-refractivity contribution in [2.24, 2.45) is 17.8 Å². The first-order valence-electron chi connectivity index (χ1n) is 9.60. The summed E-state index contributed by atoms with van der Waals surface area (Å²) in [6, 6.07) is 0. The van der Waals surface area contributed by atoms with Gasteiger partial charge in [-0.05, 0) is 38.0 Å². The molecule has 4 atom stereocenters. The molecule has 6 nitrogen and oxygen atoms in total. The second kappa shape index (κ2) is 10.4. The molecule has 2 aliphatic rings. The van der Waals surface area contributed by atoms with E-state index in [9.17, 15) is 19.8 Å². The topological polar surface area (TPSA) is 93.1 Å². The molecule has 144 valence electrons.